The molecule has 0 aliphatic heterocycles. The van der Waals surface area contributed by atoms with Crippen molar-refractivity contribution in [1.29, 1.82) is 0 Å². The van der Waals surface area contributed by atoms with E-state index in [1.54, 1.807) is 39.4 Å². The van der Waals surface area contributed by atoms with Crippen LogP contribution in [0.4, 0.5) is 22.8 Å². The van der Waals surface area contributed by atoms with Crippen LogP contribution in [0.1, 0.15) is 41.5 Å². The number of aromatic amines is 1. The minimum Gasteiger partial charge on any atom is -0.443 e. The molecule has 0 saturated carbocycles. The predicted octanol–water partition coefficient (Wildman–Crippen LogP) is 9.37. The van der Waals surface area contributed by atoms with E-state index in [2.05, 4.69) is 57.3 Å². The van der Waals surface area contributed by atoms with Gasteiger partial charge in [-0.15, -0.1) is 0 Å². The molecule has 0 fully saturated rings. The molecular formula is C34H37F3I2N6O4Sn. The first-order valence-electron chi connectivity index (χ1n) is 15.3. The second-order valence-electron chi connectivity index (χ2n) is 14.2. The molecule has 0 unspecified atom stereocenters. The van der Waals surface area contributed by atoms with Crippen LogP contribution in [0.5, 0.6) is 0 Å². The number of nitrogens with one attached hydrogen (secondary N) is 1. The summed E-state index contributed by atoms with van der Waals surface area (Å²) in [6, 6.07) is 4.28. The number of rotatable bonds is 1. The van der Waals surface area contributed by atoms with Gasteiger partial charge >= 0.3 is 134 Å². The number of aromatic nitrogens is 6. The van der Waals surface area contributed by atoms with Gasteiger partial charge in [0.2, 0.25) is 0 Å². The van der Waals surface area contributed by atoms with E-state index in [1.807, 2.05) is 43.4 Å². The smallest absolute Gasteiger partial charge is 0.420 e. The van der Waals surface area contributed by atoms with E-state index in [-0.39, 0.29) is 11.6 Å². The Labute approximate surface area is 318 Å². The zero-order valence-corrected chi connectivity index (χ0v) is 36.1. The van der Waals surface area contributed by atoms with Crippen LogP contribution in [0.3, 0.4) is 0 Å². The van der Waals surface area contributed by atoms with E-state index in [0.29, 0.717) is 16.7 Å². The number of hydrogen-bond donors (Lipinski definition) is 1. The van der Waals surface area contributed by atoms with Gasteiger partial charge in [-0.3, -0.25) is 0 Å². The third-order valence-electron chi connectivity index (χ3n) is 6.61. The molecule has 6 heterocycles. The van der Waals surface area contributed by atoms with Crippen LogP contribution in [-0.2, 0) is 9.47 Å². The van der Waals surface area contributed by atoms with Gasteiger partial charge in [0.1, 0.15) is 22.9 Å². The van der Waals surface area contributed by atoms with Gasteiger partial charge in [-0.05, 0) is 78.1 Å². The molecule has 6 aromatic heterocycles. The molecule has 0 amide bonds. The van der Waals surface area contributed by atoms with Crippen LogP contribution in [0.2, 0.25) is 14.8 Å². The Balaban J connectivity index is 0.000000176. The van der Waals surface area contributed by atoms with E-state index in [4.69, 9.17) is 9.47 Å². The van der Waals surface area contributed by atoms with Gasteiger partial charge < -0.3 is 9.72 Å². The third-order valence-corrected chi connectivity index (χ3v) is 14.1. The summed E-state index contributed by atoms with van der Waals surface area (Å²) in [7, 11) is 0. The first kappa shape index (κ1) is 39.8. The first-order chi connectivity index (χ1) is 23.0. The number of H-pyrrole nitrogens is 1. The Morgan fingerprint density at radius 1 is 0.700 bits per heavy atom. The Bertz CT molecular complexity index is 2200. The first-order valence-corrected chi connectivity index (χ1v) is 27.4. The van der Waals surface area contributed by atoms with Crippen LogP contribution in [0.15, 0.2) is 55.4 Å². The number of halogens is 5. The van der Waals surface area contributed by atoms with Gasteiger partial charge in [0, 0.05) is 30.3 Å². The molecule has 0 saturated heterocycles. The number of carbonyl (C=O) groups excluding carboxylic acids is 2. The molecule has 10 nitrogen and oxygen atoms in total. The SMILES string of the molecule is CC(C)(C)OC(=O)n1c[c]([Sn]([CH3])([CH3])[CH3])c2cc(F)cnc21.CC(C)(C)OC(=O)n1cc(I)c2cc(F)cnc21.Fc1cnc2[nH]cc(I)c2c1. The molecule has 16 heteroatoms. The number of pyridine rings is 3. The number of nitrogens with zero attached hydrogens (tertiary/aromatic N) is 5. The molecule has 6 rings (SSSR count). The van der Waals surface area contributed by atoms with Crippen molar-refractivity contribution in [2.75, 3.05) is 0 Å². The van der Waals surface area contributed by atoms with Crippen molar-refractivity contribution in [2.24, 2.45) is 0 Å². The Morgan fingerprint density at radius 3 is 1.64 bits per heavy atom. The summed E-state index contributed by atoms with van der Waals surface area (Å²) >= 11 is 1.65. The maximum absolute atomic E-state index is 13.5. The fraction of sp³-hybridized carbons (Fsp3) is 0.324. The average molecular weight is 1020 g/mol. The van der Waals surface area contributed by atoms with Crippen LogP contribution in [0.25, 0.3) is 33.1 Å². The molecule has 0 radical (unpaired) electrons. The summed E-state index contributed by atoms with van der Waals surface area (Å²) in [6.07, 6.45) is 7.59. The van der Waals surface area contributed by atoms with Crippen molar-refractivity contribution in [3.63, 3.8) is 0 Å². The predicted molar refractivity (Wildman–Crippen MR) is 207 cm³/mol. The van der Waals surface area contributed by atoms with E-state index < -0.39 is 47.6 Å². The summed E-state index contributed by atoms with van der Waals surface area (Å²) in [5.41, 5.74) is 0.427. The Hall–Kier alpha value is -2.94. The maximum atomic E-state index is 13.5. The second-order valence-corrected chi connectivity index (χ2v) is 30.9. The van der Waals surface area contributed by atoms with Crippen molar-refractivity contribution < 1.29 is 32.2 Å². The zero-order valence-electron chi connectivity index (χ0n) is 29.0. The molecule has 0 aliphatic rings. The van der Waals surface area contributed by atoms with Crippen molar-refractivity contribution in [2.45, 2.75) is 67.6 Å². The molecule has 0 aliphatic carbocycles. The third kappa shape index (κ3) is 10.1. The minimum absolute atomic E-state index is 0.296. The van der Waals surface area contributed by atoms with Gasteiger partial charge in [-0.2, -0.15) is 0 Å². The van der Waals surface area contributed by atoms with E-state index in [1.165, 1.54) is 33.5 Å². The average Bonchev–Trinajstić information content (AvgIpc) is 3.65. The van der Waals surface area contributed by atoms with Gasteiger partial charge in [0.15, 0.2) is 5.65 Å². The zero-order chi connectivity index (χ0) is 37.3. The fourth-order valence-corrected chi connectivity index (χ4v) is 10.1. The quantitative estimate of drug-likeness (QED) is 0.129. The van der Waals surface area contributed by atoms with Crippen LogP contribution >= 0.6 is 45.2 Å². The van der Waals surface area contributed by atoms with Crippen LogP contribution < -0.4 is 3.58 Å². The monoisotopic (exact) mass is 1020 g/mol. The number of fused-ring (bicyclic) bond motifs is 3. The van der Waals surface area contributed by atoms with E-state index in [9.17, 15) is 22.8 Å². The molecule has 0 bridgehead atoms. The van der Waals surface area contributed by atoms with E-state index >= 15 is 0 Å². The molecule has 6 aromatic rings. The molecule has 0 spiro atoms. The summed E-state index contributed by atoms with van der Waals surface area (Å²) < 4.78 is 55.4. The van der Waals surface area contributed by atoms with Gasteiger partial charge in [-0.1, -0.05) is 0 Å². The summed E-state index contributed by atoms with van der Waals surface area (Å²) in [4.78, 5) is 45.8. The van der Waals surface area contributed by atoms with Gasteiger partial charge in [0.05, 0.1) is 12.4 Å². The normalized spacial score (nSPS) is 12.0. The van der Waals surface area contributed by atoms with Gasteiger partial charge in [0.25, 0.3) is 0 Å². The molecule has 50 heavy (non-hydrogen) atoms. The minimum atomic E-state index is -2.51. The molecule has 1 N–H and O–H groups in total. The fourth-order valence-electron chi connectivity index (χ4n) is 4.57. The standard InChI is InChI=1S/C12H12FIN2O2.C12H12FN2O2.C7H4FIN2.3CH3.Sn/c1-12(2,3)18-11(17)16-6-9(14)8-4-7(13)5-15-10(8)16;1-12(2,3)17-11(16)15-5-4-8-6-9(13)7-14-10(8)15;8-4-1-5-6(9)3-11-7(5)10-2-4;;;;/h4-6H,1-3H3;5-7H,1-3H3;1-3H,(H,10,11);3*1H3;. The van der Waals surface area contributed by atoms with Crippen LogP contribution in [-0.4, -0.2) is 70.8 Å². The van der Waals surface area contributed by atoms with E-state index in [0.717, 1.165) is 39.5 Å². The molecule has 0 atom stereocenters. The van der Waals surface area contributed by atoms with Gasteiger partial charge in [-0.25, -0.2) is 28.1 Å². The van der Waals surface area contributed by atoms with Crippen LogP contribution in [0, 0.1) is 24.6 Å². The number of hydrogen-bond acceptors (Lipinski definition) is 7. The largest absolute Gasteiger partial charge is 0.443 e. The number of ether oxygens (including phenoxy) is 2. The van der Waals surface area contributed by atoms with Crippen molar-refractivity contribution in [1.82, 2.24) is 29.1 Å². The van der Waals surface area contributed by atoms with Crippen molar-refractivity contribution in [3.05, 3.63) is 80.0 Å². The summed E-state index contributed by atoms with van der Waals surface area (Å²) in [5, 5.41) is 2.16. The molecular weight excluding hydrogens is 986 g/mol. The van der Waals surface area contributed by atoms with Crippen molar-refractivity contribution in [3.8, 4) is 0 Å². The second kappa shape index (κ2) is 15.3. The summed E-state index contributed by atoms with van der Waals surface area (Å²) in [5.74, 6) is -1.11. The molecule has 266 valence electrons. The molecule has 0 aromatic carbocycles. The Kier molecular flexibility index (Phi) is 12.2. The Morgan fingerprint density at radius 2 is 1.14 bits per heavy atom. The maximum Gasteiger partial charge on any atom is 0.420 e. The topological polar surface area (TPSA) is 117 Å². The summed E-state index contributed by atoms with van der Waals surface area (Å²) in [6.45, 7) is 10.8. The number of carbonyl (C=O) groups is 2. The van der Waals surface area contributed by atoms with Crippen molar-refractivity contribution >= 4 is 112 Å².